The smallest absolute Gasteiger partial charge is 0.271 e. The number of aryl methyl sites for hydroxylation is 1. The van der Waals surface area contributed by atoms with Gasteiger partial charge in [0.15, 0.2) is 5.13 Å². The van der Waals surface area contributed by atoms with Crippen LogP contribution in [-0.4, -0.2) is 22.2 Å². The summed E-state index contributed by atoms with van der Waals surface area (Å²) in [6.45, 7) is 2.05. The van der Waals surface area contributed by atoms with Crippen molar-refractivity contribution in [1.82, 2.24) is 10.4 Å². The lowest BCUT2D eigenvalue weighted by atomic mass is 10.1. The molecule has 0 unspecified atom stereocenters. The summed E-state index contributed by atoms with van der Waals surface area (Å²) in [5.41, 5.74) is 7.54. The number of thiazole rings is 1. The fraction of sp³-hybridized carbons (Fsp3) is 0.0417. The number of carbonyl (C=O) groups excluding carboxylic acids is 1. The summed E-state index contributed by atoms with van der Waals surface area (Å²) in [5.74, 6) is -0.344. The van der Waals surface area contributed by atoms with E-state index in [1.807, 2.05) is 48.7 Å². The lowest BCUT2D eigenvalue weighted by molar-refractivity contribution is 0.0955. The largest absolute Gasteiger partial charge is 0.506 e. The summed E-state index contributed by atoms with van der Waals surface area (Å²) in [6.07, 6.45) is 1.45. The Morgan fingerprint density at radius 3 is 2.56 bits per heavy atom. The van der Waals surface area contributed by atoms with Gasteiger partial charge in [0, 0.05) is 22.2 Å². The van der Waals surface area contributed by atoms with Gasteiger partial charge in [0.25, 0.3) is 5.91 Å². The monoisotopic (exact) mass is 462 g/mol. The Labute approximate surface area is 194 Å². The molecule has 0 fully saturated rings. The third kappa shape index (κ3) is 5.32. The first-order valence-electron chi connectivity index (χ1n) is 9.69. The number of carbonyl (C=O) groups is 1. The molecule has 0 radical (unpaired) electrons. The molecule has 1 aromatic heterocycles. The van der Waals surface area contributed by atoms with E-state index in [0.29, 0.717) is 11.1 Å². The predicted molar refractivity (Wildman–Crippen MR) is 130 cm³/mol. The minimum Gasteiger partial charge on any atom is -0.506 e. The van der Waals surface area contributed by atoms with Crippen molar-refractivity contribution in [3.8, 4) is 17.0 Å². The second kappa shape index (κ2) is 9.64. The maximum absolute atomic E-state index is 12.3. The summed E-state index contributed by atoms with van der Waals surface area (Å²) in [6, 6.07) is 19.9. The fourth-order valence-electron chi connectivity index (χ4n) is 2.85. The average Bonchev–Trinajstić information content (AvgIpc) is 3.26. The molecule has 6 nitrogen and oxygen atoms in total. The van der Waals surface area contributed by atoms with Crippen molar-refractivity contribution in [2.45, 2.75) is 6.92 Å². The van der Waals surface area contributed by atoms with Crippen LogP contribution in [0.5, 0.6) is 5.75 Å². The van der Waals surface area contributed by atoms with Crippen molar-refractivity contribution in [1.29, 1.82) is 0 Å². The molecule has 0 aliphatic heterocycles. The lowest BCUT2D eigenvalue weighted by Gasteiger charge is -2.03. The number of aromatic nitrogens is 1. The number of benzene rings is 3. The molecule has 0 saturated carbocycles. The highest BCUT2D eigenvalue weighted by Gasteiger charge is 2.08. The molecule has 0 saturated heterocycles. The molecular formula is C24H19ClN4O2S. The molecule has 160 valence electrons. The zero-order valence-corrected chi connectivity index (χ0v) is 18.6. The average molecular weight is 463 g/mol. The number of hydrogen-bond donors (Lipinski definition) is 3. The van der Waals surface area contributed by atoms with Gasteiger partial charge in [-0.05, 0) is 55.0 Å². The molecule has 3 aromatic carbocycles. The Morgan fingerprint density at radius 1 is 1.09 bits per heavy atom. The van der Waals surface area contributed by atoms with E-state index < -0.39 is 0 Å². The van der Waals surface area contributed by atoms with Crippen LogP contribution in [0.15, 0.2) is 77.2 Å². The maximum Gasteiger partial charge on any atom is 0.271 e. The number of aromatic hydroxyl groups is 1. The van der Waals surface area contributed by atoms with Gasteiger partial charge in [-0.25, -0.2) is 10.4 Å². The van der Waals surface area contributed by atoms with Crippen LogP contribution < -0.4 is 10.7 Å². The topological polar surface area (TPSA) is 86.6 Å². The number of nitrogens with one attached hydrogen (secondary N) is 2. The number of amides is 1. The van der Waals surface area contributed by atoms with E-state index in [-0.39, 0.29) is 16.7 Å². The summed E-state index contributed by atoms with van der Waals surface area (Å²) >= 11 is 7.38. The van der Waals surface area contributed by atoms with Gasteiger partial charge >= 0.3 is 0 Å². The Hall–Kier alpha value is -3.68. The van der Waals surface area contributed by atoms with Crippen molar-refractivity contribution >= 4 is 45.9 Å². The van der Waals surface area contributed by atoms with Crippen LogP contribution >= 0.6 is 22.9 Å². The molecule has 4 aromatic rings. The van der Waals surface area contributed by atoms with Crippen LogP contribution in [0, 0.1) is 6.92 Å². The van der Waals surface area contributed by atoms with Crippen LogP contribution in [0.3, 0.4) is 0 Å². The second-order valence-corrected chi connectivity index (χ2v) is 8.28. The van der Waals surface area contributed by atoms with E-state index in [0.717, 1.165) is 22.1 Å². The van der Waals surface area contributed by atoms with Gasteiger partial charge in [-0.1, -0.05) is 41.4 Å². The number of anilines is 2. The second-order valence-electron chi connectivity index (χ2n) is 7.02. The van der Waals surface area contributed by atoms with Crippen LogP contribution in [0.1, 0.15) is 21.5 Å². The highest BCUT2D eigenvalue weighted by atomic mass is 35.5. The molecule has 0 atom stereocenters. The summed E-state index contributed by atoms with van der Waals surface area (Å²) in [4.78, 5) is 16.9. The Kier molecular flexibility index (Phi) is 6.49. The molecular weight excluding hydrogens is 444 g/mol. The minimum atomic E-state index is -0.335. The fourth-order valence-corrected chi connectivity index (χ4v) is 3.78. The van der Waals surface area contributed by atoms with Gasteiger partial charge in [0.05, 0.1) is 16.9 Å². The van der Waals surface area contributed by atoms with Crippen LogP contribution in [0.25, 0.3) is 11.3 Å². The highest BCUT2D eigenvalue weighted by Crippen LogP contribution is 2.27. The zero-order valence-electron chi connectivity index (χ0n) is 17.0. The van der Waals surface area contributed by atoms with E-state index >= 15 is 0 Å². The standard InChI is InChI=1S/C24H19ClN4O2S/c1-15-2-9-19(10-3-15)27-24-28-21(14-32-24)17-5-7-18(8-6-17)23(31)29-26-13-16-4-11-22(30)20(25)12-16/h2-14,30H,1H3,(H,27,28)(H,29,31)/b26-13-. The summed E-state index contributed by atoms with van der Waals surface area (Å²) in [5, 5.41) is 19.7. The molecule has 1 heterocycles. The number of hydrazone groups is 1. The molecule has 3 N–H and O–H groups in total. The Morgan fingerprint density at radius 2 is 1.84 bits per heavy atom. The minimum absolute atomic E-state index is 0.00824. The zero-order chi connectivity index (χ0) is 22.5. The van der Waals surface area contributed by atoms with E-state index in [1.54, 1.807) is 24.3 Å². The third-order valence-corrected chi connectivity index (χ3v) is 5.66. The Bertz CT molecular complexity index is 1270. The van der Waals surface area contributed by atoms with Crippen molar-refractivity contribution in [3.05, 3.63) is 93.8 Å². The van der Waals surface area contributed by atoms with E-state index in [4.69, 9.17) is 11.6 Å². The number of hydrogen-bond acceptors (Lipinski definition) is 6. The normalized spacial score (nSPS) is 10.9. The summed E-state index contributed by atoms with van der Waals surface area (Å²) in [7, 11) is 0. The van der Waals surface area contributed by atoms with Crippen molar-refractivity contribution in [2.24, 2.45) is 5.10 Å². The number of rotatable bonds is 6. The predicted octanol–water partition coefficient (Wildman–Crippen LogP) is 5.99. The van der Waals surface area contributed by atoms with Crippen molar-refractivity contribution < 1.29 is 9.90 Å². The van der Waals surface area contributed by atoms with E-state index in [1.165, 1.54) is 29.2 Å². The van der Waals surface area contributed by atoms with Crippen molar-refractivity contribution in [3.63, 3.8) is 0 Å². The first-order valence-corrected chi connectivity index (χ1v) is 11.0. The Balaban J connectivity index is 1.37. The first kappa shape index (κ1) is 21.5. The number of nitrogens with zero attached hydrogens (tertiary/aromatic N) is 2. The van der Waals surface area contributed by atoms with Crippen molar-refractivity contribution in [2.75, 3.05) is 5.32 Å². The number of halogens is 1. The number of phenols is 1. The lowest BCUT2D eigenvalue weighted by Crippen LogP contribution is -2.17. The highest BCUT2D eigenvalue weighted by molar-refractivity contribution is 7.14. The summed E-state index contributed by atoms with van der Waals surface area (Å²) < 4.78 is 0. The van der Waals surface area contributed by atoms with E-state index in [2.05, 4.69) is 20.8 Å². The molecule has 32 heavy (non-hydrogen) atoms. The van der Waals surface area contributed by atoms with Crippen LogP contribution in [0.4, 0.5) is 10.8 Å². The van der Waals surface area contributed by atoms with Gasteiger partial charge < -0.3 is 10.4 Å². The molecule has 4 rings (SSSR count). The molecule has 8 heteroatoms. The quantitative estimate of drug-likeness (QED) is 0.243. The first-order chi connectivity index (χ1) is 15.5. The molecule has 0 bridgehead atoms. The van der Waals surface area contributed by atoms with Gasteiger partial charge in [-0.2, -0.15) is 5.10 Å². The number of phenolic OH excluding ortho intramolecular Hbond substituents is 1. The third-order valence-electron chi connectivity index (χ3n) is 4.60. The van der Waals surface area contributed by atoms with Crippen LogP contribution in [0.2, 0.25) is 5.02 Å². The van der Waals surface area contributed by atoms with Gasteiger partial charge in [0.2, 0.25) is 0 Å². The molecule has 1 amide bonds. The van der Waals surface area contributed by atoms with Gasteiger partial charge in [-0.15, -0.1) is 11.3 Å². The van der Waals surface area contributed by atoms with Crippen LogP contribution in [-0.2, 0) is 0 Å². The molecule has 0 spiro atoms. The SMILES string of the molecule is Cc1ccc(Nc2nc(-c3ccc(C(=O)N/N=C\c4ccc(O)c(Cl)c4)cc3)cs2)cc1. The van der Waals surface area contributed by atoms with Gasteiger partial charge in [0.1, 0.15) is 5.75 Å². The molecule has 0 aliphatic rings. The molecule has 0 aliphatic carbocycles. The van der Waals surface area contributed by atoms with Gasteiger partial charge in [-0.3, -0.25) is 4.79 Å². The maximum atomic E-state index is 12.3. The van der Waals surface area contributed by atoms with E-state index in [9.17, 15) is 9.90 Å².